The summed E-state index contributed by atoms with van der Waals surface area (Å²) in [5, 5.41) is 22.1. The predicted molar refractivity (Wildman–Crippen MR) is 97.7 cm³/mol. The van der Waals surface area contributed by atoms with Crippen molar-refractivity contribution in [1.82, 2.24) is 24.5 Å². The van der Waals surface area contributed by atoms with Gasteiger partial charge in [0.2, 0.25) is 11.9 Å². The normalized spacial score (nSPS) is 10.7. The summed E-state index contributed by atoms with van der Waals surface area (Å²) < 4.78 is 2.88. The number of aryl methyl sites for hydroxylation is 1. The van der Waals surface area contributed by atoms with Gasteiger partial charge in [0.1, 0.15) is 18.7 Å². The molecule has 2 heterocycles. The molecule has 12 heteroatoms. The highest BCUT2D eigenvalue weighted by Crippen LogP contribution is 2.22. The number of anilines is 1. The SMILES string of the molecule is O=C(CCn1cc([N+](=O)[O-])cn1)Nc1ncn(Cc2ccc(Cl)c(Cl)c2)n1. The highest BCUT2D eigenvalue weighted by Gasteiger charge is 2.11. The summed E-state index contributed by atoms with van der Waals surface area (Å²) in [5.41, 5.74) is 0.755. The van der Waals surface area contributed by atoms with Gasteiger partial charge in [0.25, 0.3) is 0 Å². The van der Waals surface area contributed by atoms with Crippen molar-refractivity contribution in [1.29, 1.82) is 0 Å². The number of nitrogens with zero attached hydrogens (tertiary/aromatic N) is 6. The van der Waals surface area contributed by atoms with Gasteiger partial charge in [0, 0.05) is 13.0 Å². The van der Waals surface area contributed by atoms with E-state index in [1.54, 1.807) is 16.8 Å². The largest absolute Gasteiger partial charge is 0.306 e. The predicted octanol–water partition coefficient (Wildman–Crippen LogP) is 2.77. The highest BCUT2D eigenvalue weighted by atomic mass is 35.5. The Hall–Kier alpha value is -2.98. The number of aromatic nitrogens is 5. The van der Waals surface area contributed by atoms with Crippen LogP contribution in [0.25, 0.3) is 0 Å². The van der Waals surface area contributed by atoms with Crippen LogP contribution in [0.2, 0.25) is 10.0 Å². The van der Waals surface area contributed by atoms with Gasteiger partial charge in [-0.25, -0.2) is 9.67 Å². The molecule has 2 aromatic heterocycles. The molecule has 0 atom stereocenters. The first-order chi connectivity index (χ1) is 12.9. The number of nitrogens with one attached hydrogen (secondary N) is 1. The van der Waals surface area contributed by atoms with Crippen LogP contribution >= 0.6 is 23.2 Å². The Morgan fingerprint density at radius 1 is 1.26 bits per heavy atom. The van der Waals surface area contributed by atoms with E-state index < -0.39 is 4.92 Å². The summed E-state index contributed by atoms with van der Waals surface area (Å²) >= 11 is 11.9. The Morgan fingerprint density at radius 3 is 2.78 bits per heavy atom. The number of nitro groups is 1. The third kappa shape index (κ3) is 5.02. The van der Waals surface area contributed by atoms with Gasteiger partial charge in [0.15, 0.2) is 0 Å². The zero-order valence-electron chi connectivity index (χ0n) is 13.7. The van der Waals surface area contributed by atoms with Gasteiger partial charge in [-0.2, -0.15) is 5.10 Å². The fourth-order valence-electron chi connectivity index (χ4n) is 2.23. The molecule has 0 saturated heterocycles. The Labute approximate surface area is 162 Å². The van der Waals surface area contributed by atoms with E-state index in [0.717, 1.165) is 11.8 Å². The van der Waals surface area contributed by atoms with Gasteiger partial charge in [-0.15, -0.1) is 5.10 Å². The first-order valence-corrected chi connectivity index (χ1v) is 8.46. The minimum atomic E-state index is -0.548. The quantitative estimate of drug-likeness (QED) is 0.472. The van der Waals surface area contributed by atoms with Gasteiger partial charge >= 0.3 is 5.69 Å². The molecule has 1 amide bonds. The highest BCUT2D eigenvalue weighted by molar-refractivity contribution is 6.42. The molecule has 3 rings (SSSR count). The number of rotatable bonds is 7. The lowest BCUT2D eigenvalue weighted by Crippen LogP contribution is -2.16. The second-order valence-electron chi connectivity index (χ2n) is 5.53. The number of benzene rings is 1. The molecule has 140 valence electrons. The first kappa shape index (κ1) is 18.8. The molecule has 0 aliphatic carbocycles. The second-order valence-corrected chi connectivity index (χ2v) is 6.35. The van der Waals surface area contributed by atoms with Crippen molar-refractivity contribution in [2.45, 2.75) is 19.5 Å². The Bertz CT molecular complexity index is 985. The summed E-state index contributed by atoms with van der Waals surface area (Å²) in [4.78, 5) is 26.0. The maximum absolute atomic E-state index is 12.0. The number of amides is 1. The molecule has 10 nitrogen and oxygen atoms in total. The number of hydrogen-bond acceptors (Lipinski definition) is 6. The second kappa shape index (κ2) is 8.14. The van der Waals surface area contributed by atoms with Crippen molar-refractivity contribution < 1.29 is 9.72 Å². The Balaban J connectivity index is 1.52. The van der Waals surface area contributed by atoms with Crippen molar-refractivity contribution in [3.05, 3.63) is 62.6 Å². The molecule has 0 spiro atoms. The van der Waals surface area contributed by atoms with E-state index in [9.17, 15) is 14.9 Å². The van der Waals surface area contributed by atoms with Crippen LogP contribution in [0.4, 0.5) is 11.6 Å². The molecule has 0 bridgehead atoms. The average molecular weight is 410 g/mol. The first-order valence-electron chi connectivity index (χ1n) is 7.71. The maximum Gasteiger partial charge on any atom is 0.306 e. The van der Waals surface area contributed by atoms with E-state index in [-0.39, 0.29) is 30.5 Å². The molecule has 0 aliphatic heterocycles. The van der Waals surface area contributed by atoms with Crippen molar-refractivity contribution in [3.63, 3.8) is 0 Å². The van der Waals surface area contributed by atoms with Crippen LogP contribution in [0.5, 0.6) is 0 Å². The van der Waals surface area contributed by atoms with Crippen LogP contribution in [0.3, 0.4) is 0 Å². The van der Waals surface area contributed by atoms with Crippen molar-refractivity contribution >= 4 is 40.7 Å². The fourth-order valence-corrected chi connectivity index (χ4v) is 2.55. The van der Waals surface area contributed by atoms with Crippen LogP contribution in [-0.4, -0.2) is 35.4 Å². The number of carbonyl (C=O) groups excluding carboxylic acids is 1. The molecule has 0 radical (unpaired) electrons. The van der Waals surface area contributed by atoms with Crippen LogP contribution in [0.15, 0.2) is 36.9 Å². The van der Waals surface area contributed by atoms with Gasteiger partial charge in [0.05, 0.1) is 21.5 Å². The van der Waals surface area contributed by atoms with E-state index in [1.807, 2.05) is 6.07 Å². The van der Waals surface area contributed by atoms with Gasteiger partial charge < -0.3 is 0 Å². The fraction of sp³-hybridized carbons (Fsp3) is 0.200. The third-order valence-electron chi connectivity index (χ3n) is 3.51. The lowest BCUT2D eigenvalue weighted by molar-refractivity contribution is -0.385. The van der Waals surface area contributed by atoms with Gasteiger partial charge in [-0.05, 0) is 17.7 Å². The van der Waals surface area contributed by atoms with E-state index in [1.165, 1.54) is 17.2 Å². The lowest BCUT2D eigenvalue weighted by atomic mass is 10.2. The Kier molecular flexibility index (Phi) is 5.67. The van der Waals surface area contributed by atoms with Gasteiger partial charge in [-0.1, -0.05) is 29.3 Å². The zero-order valence-corrected chi connectivity index (χ0v) is 15.3. The number of halogens is 2. The smallest absolute Gasteiger partial charge is 0.293 e. The molecule has 0 saturated carbocycles. The molecular formula is C15H13Cl2N7O3. The molecule has 1 aromatic carbocycles. The summed E-state index contributed by atoms with van der Waals surface area (Å²) in [6, 6.07) is 5.24. The summed E-state index contributed by atoms with van der Waals surface area (Å²) in [7, 11) is 0. The minimum Gasteiger partial charge on any atom is -0.293 e. The topological polar surface area (TPSA) is 121 Å². The van der Waals surface area contributed by atoms with Crippen LogP contribution < -0.4 is 5.32 Å². The molecule has 0 aliphatic rings. The van der Waals surface area contributed by atoms with E-state index in [4.69, 9.17) is 23.2 Å². The summed E-state index contributed by atoms with van der Waals surface area (Å²) in [6.07, 6.45) is 3.94. The third-order valence-corrected chi connectivity index (χ3v) is 4.25. The molecule has 27 heavy (non-hydrogen) atoms. The van der Waals surface area contributed by atoms with E-state index in [0.29, 0.717) is 16.6 Å². The average Bonchev–Trinajstić information content (AvgIpc) is 3.26. The number of carbonyl (C=O) groups is 1. The van der Waals surface area contributed by atoms with Gasteiger partial charge in [-0.3, -0.25) is 24.9 Å². The van der Waals surface area contributed by atoms with Crippen molar-refractivity contribution in [3.8, 4) is 0 Å². The monoisotopic (exact) mass is 409 g/mol. The molecule has 0 unspecified atom stereocenters. The summed E-state index contributed by atoms with van der Waals surface area (Å²) in [5.74, 6) is -0.174. The zero-order chi connectivity index (χ0) is 19.4. The van der Waals surface area contributed by atoms with E-state index in [2.05, 4.69) is 20.5 Å². The summed E-state index contributed by atoms with van der Waals surface area (Å²) in [6.45, 7) is 0.611. The number of hydrogen-bond donors (Lipinski definition) is 1. The van der Waals surface area contributed by atoms with Crippen molar-refractivity contribution in [2.24, 2.45) is 0 Å². The maximum atomic E-state index is 12.0. The molecular weight excluding hydrogens is 397 g/mol. The van der Waals surface area contributed by atoms with Crippen LogP contribution in [-0.2, 0) is 17.9 Å². The van der Waals surface area contributed by atoms with E-state index >= 15 is 0 Å². The molecule has 0 fully saturated rings. The minimum absolute atomic E-state index is 0.0696. The molecule has 1 N–H and O–H groups in total. The van der Waals surface area contributed by atoms with Crippen LogP contribution in [0.1, 0.15) is 12.0 Å². The standard InChI is InChI=1S/C15H13Cl2N7O3/c16-12-2-1-10(5-13(12)17)7-23-9-18-15(21-23)20-14(25)3-4-22-8-11(6-19-22)24(26)27/h1-2,5-6,8-9H,3-4,7H2,(H,20,21,25). The molecule has 3 aromatic rings. The van der Waals surface area contributed by atoms with Crippen LogP contribution in [0, 0.1) is 10.1 Å². The van der Waals surface area contributed by atoms with Crippen molar-refractivity contribution in [2.75, 3.05) is 5.32 Å². The Morgan fingerprint density at radius 2 is 2.07 bits per heavy atom. The lowest BCUT2D eigenvalue weighted by Gasteiger charge is -2.03.